The fourth-order valence-corrected chi connectivity index (χ4v) is 5.34. The number of aromatic hydroxyl groups is 1. The van der Waals surface area contributed by atoms with E-state index in [9.17, 15) is 9.50 Å². The molecule has 2 aliphatic heterocycles. The number of fused-ring (bicyclic) bond motifs is 1. The van der Waals surface area contributed by atoms with Crippen LogP contribution in [0.1, 0.15) is 50.8 Å². The monoisotopic (exact) mass is 440 g/mol. The number of nitrogens with zero attached hydrogens (tertiary/aromatic N) is 2. The molecule has 2 atom stereocenters. The second-order valence-electron chi connectivity index (χ2n) is 10.4. The molecular formula is C27H37FN2O2. The zero-order valence-electron chi connectivity index (χ0n) is 19.9. The largest absolute Gasteiger partial charge is 0.508 e. The number of alkyl halides is 1. The van der Waals surface area contributed by atoms with Gasteiger partial charge in [-0.05, 0) is 87.0 Å². The molecule has 0 aromatic heterocycles. The van der Waals surface area contributed by atoms with Gasteiger partial charge in [-0.25, -0.2) is 4.39 Å². The van der Waals surface area contributed by atoms with Gasteiger partial charge < -0.3 is 9.84 Å². The molecule has 0 spiro atoms. The van der Waals surface area contributed by atoms with E-state index < -0.39 is 11.2 Å². The number of phenolic OH excluding ortho intramolecular Hbond substituents is 1. The van der Waals surface area contributed by atoms with Crippen LogP contribution in [0.3, 0.4) is 0 Å². The molecular weight excluding hydrogens is 403 g/mol. The molecule has 1 unspecified atom stereocenters. The number of hydrogen-bond donors (Lipinski definition) is 1. The third kappa shape index (κ3) is 4.94. The number of benzene rings is 2. The van der Waals surface area contributed by atoms with Crippen molar-refractivity contribution in [3.05, 3.63) is 59.2 Å². The van der Waals surface area contributed by atoms with Crippen LogP contribution in [0.25, 0.3) is 0 Å². The Balaban J connectivity index is 1.54. The highest BCUT2D eigenvalue weighted by molar-refractivity contribution is 5.48. The van der Waals surface area contributed by atoms with E-state index in [2.05, 4.69) is 35.8 Å². The van der Waals surface area contributed by atoms with Crippen molar-refractivity contribution in [1.82, 2.24) is 9.80 Å². The Hall–Kier alpha value is -2.11. The molecule has 4 rings (SSSR count). The van der Waals surface area contributed by atoms with Crippen molar-refractivity contribution in [3.8, 4) is 11.5 Å². The van der Waals surface area contributed by atoms with Gasteiger partial charge in [-0.1, -0.05) is 25.1 Å². The third-order valence-corrected chi connectivity index (χ3v) is 7.06. The molecule has 0 saturated carbocycles. The van der Waals surface area contributed by atoms with Crippen molar-refractivity contribution in [3.63, 3.8) is 0 Å². The number of ether oxygens (including phenoxy) is 1. The van der Waals surface area contributed by atoms with Crippen LogP contribution in [-0.2, 0) is 12.0 Å². The van der Waals surface area contributed by atoms with Crippen LogP contribution < -0.4 is 4.74 Å². The topological polar surface area (TPSA) is 35.9 Å². The van der Waals surface area contributed by atoms with Crippen LogP contribution >= 0.6 is 0 Å². The molecule has 0 aliphatic carbocycles. The van der Waals surface area contributed by atoms with E-state index >= 15 is 0 Å². The summed E-state index contributed by atoms with van der Waals surface area (Å²) in [6, 6.07) is 13.8. The predicted molar refractivity (Wildman–Crippen MR) is 127 cm³/mol. The van der Waals surface area contributed by atoms with E-state index in [1.165, 1.54) is 6.42 Å². The van der Waals surface area contributed by atoms with Gasteiger partial charge in [0.25, 0.3) is 0 Å². The van der Waals surface area contributed by atoms with Crippen molar-refractivity contribution >= 4 is 0 Å². The van der Waals surface area contributed by atoms with Crippen LogP contribution in [-0.4, -0.2) is 59.9 Å². The Morgan fingerprint density at radius 3 is 2.56 bits per heavy atom. The lowest BCUT2D eigenvalue weighted by Crippen LogP contribution is -2.53. The highest BCUT2D eigenvalue weighted by Crippen LogP contribution is 2.43. The highest BCUT2D eigenvalue weighted by atomic mass is 19.1. The van der Waals surface area contributed by atoms with Gasteiger partial charge in [0.2, 0.25) is 0 Å². The van der Waals surface area contributed by atoms with Gasteiger partial charge in [-0.15, -0.1) is 0 Å². The average molecular weight is 441 g/mol. The summed E-state index contributed by atoms with van der Waals surface area (Å²) < 4.78 is 20.7. The number of hydrogen-bond acceptors (Lipinski definition) is 4. The van der Waals surface area contributed by atoms with Crippen LogP contribution in [0.4, 0.5) is 4.39 Å². The molecule has 0 bridgehead atoms. The van der Waals surface area contributed by atoms with Gasteiger partial charge in [0.05, 0.1) is 5.54 Å². The van der Waals surface area contributed by atoms with Crippen LogP contribution in [0.15, 0.2) is 42.5 Å². The average Bonchev–Trinajstić information content (AvgIpc) is 3.15. The maximum absolute atomic E-state index is 14.7. The van der Waals surface area contributed by atoms with E-state index in [-0.39, 0.29) is 5.75 Å². The highest BCUT2D eigenvalue weighted by Gasteiger charge is 2.42. The Bertz CT molecular complexity index is 924. The molecule has 0 amide bonds. The number of halogens is 1. The third-order valence-electron chi connectivity index (χ3n) is 7.06. The normalized spacial score (nSPS) is 24.5. The molecule has 2 heterocycles. The molecule has 1 saturated heterocycles. The Labute approximate surface area is 192 Å². The quantitative estimate of drug-likeness (QED) is 0.659. The molecule has 1 N–H and O–H groups in total. The molecule has 174 valence electrons. The summed E-state index contributed by atoms with van der Waals surface area (Å²) in [5.74, 6) is 1.93. The lowest BCUT2D eigenvalue weighted by atomic mass is 9.76. The van der Waals surface area contributed by atoms with Crippen LogP contribution in [0, 0.1) is 5.92 Å². The summed E-state index contributed by atoms with van der Waals surface area (Å²) >= 11 is 0. The second kappa shape index (κ2) is 9.03. The van der Waals surface area contributed by atoms with E-state index in [1.54, 1.807) is 19.9 Å². The van der Waals surface area contributed by atoms with Crippen LogP contribution in [0.5, 0.6) is 11.5 Å². The Kier molecular flexibility index (Phi) is 6.51. The first-order valence-corrected chi connectivity index (χ1v) is 11.9. The van der Waals surface area contributed by atoms with Crippen molar-refractivity contribution in [2.75, 3.05) is 39.3 Å². The standard InChI is InChI=1S/C27H37FN2O2/c1-20-11-13-29(18-20)15-16-32-24-8-5-22(6-9-24)27(4)25-10-7-23(31)17-21(25)12-14-30(27)19-26(2,3)28/h5-10,17,20,31H,11-16,18-19H2,1-4H3/t20?,27-/m1/s1. The SMILES string of the molecule is CC1CCN(CCOc2ccc([C@]3(C)c4ccc(O)cc4CCN3CC(C)(C)F)cc2)C1. The predicted octanol–water partition coefficient (Wildman–Crippen LogP) is 4.98. The molecule has 1 fully saturated rings. The molecule has 2 aliphatic rings. The molecule has 2 aromatic carbocycles. The Morgan fingerprint density at radius 1 is 1.16 bits per heavy atom. The minimum Gasteiger partial charge on any atom is -0.508 e. The molecule has 0 radical (unpaired) electrons. The summed E-state index contributed by atoms with van der Waals surface area (Å²) in [6.07, 6.45) is 2.07. The smallest absolute Gasteiger partial charge is 0.119 e. The zero-order valence-corrected chi connectivity index (χ0v) is 19.9. The maximum atomic E-state index is 14.7. The summed E-state index contributed by atoms with van der Waals surface area (Å²) in [4.78, 5) is 4.70. The van der Waals surface area contributed by atoms with E-state index in [0.29, 0.717) is 13.2 Å². The first-order valence-electron chi connectivity index (χ1n) is 11.9. The Morgan fingerprint density at radius 2 is 1.91 bits per heavy atom. The van der Waals surface area contributed by atoms with Crippen LogP contribution in [0.2, 0.25) is 0 Å². The fourth-order valence-electron chi connectivity index (χ4n) is 5.34. The summed E-state index contributed by atoms with van der Waals surface area (Å²) in [7, 11) is 0. The van der Waals surface area contributed by atoms with Crippen molar-refractivity contribution < 1.29 is 14.2 Å². The lowest BCUT2D eigenvalue weighted by molar-refractivity contribution is 0.0540. The van der Waals surface area contributed by atoms with Gasteiger partial charge >= 0.3 is 0 Å². The van der Waals surface area contributed by atoms with Gasteiger partial charge in [-0.2, -0.15) is 0 Å². The van der Waals surface area contributed by atoms with Gasteiger partial charge in [0.1, 0.15) is 23.8 Å². The first kappa shape index (κ1) is 23.1. The van der Waals surface area contributed by atoms with Gasteiger partial charge in [0, 0.05) is 26.2 Å². The number of phenols is 1. The van der Waals surface area contributed by atoms with Crippen molar-refractivity contribution in [1.29, 1.82) is 0 Å². The first-order chi connectivity index (χ1) is 15.1. The molecule has 5 heteroatoms. The number of likely N-dealkylation sites (tertiary alicyclic amines) is 1. The van der Waals surface area contributed by atoms with E-state index in [0.717, 1.165) is 61.0 Å². The summed E-state index contributed by atoms with van der Waals surface area (Å²) in [6.45, 7) is 12.8. The zero-order chi connectivity index (χ0) is 22.9. The lowest BCUT2D eigenvalue weighted by Gasteiger charge is -2.48. The minimum atomic E-state index is -1.30. The van der Waals surface area contributed by atoms with E-state index in [1.807, 2.05) is 24.3 Å². The molecule has 4 nitrogen and oxygen atoms in total. The van der Waals surface area contributed by atoms with Gasteiger partial charge in [0.15, 0.2) is 0 Å². The van der Waals surface area contributed by atoms with Crippen molar-refractivity contribution in [2.24, 2.45) is 5.92 Å². The number of rotatable bonds is 7. The van der Waals surface area contributed by atoms with E-state index in [4.69, 9.17) is 4.74 Å². The summed E-state index contributed by atoms with van der Waals surface area (Å²) in [5.41, 5.74) is 1.58. The minimum absolute atomic E-state index is 0.279. The fraction of sp³-hybridized carbons (Fsp3) is 0.556. The second-order valence-corrected chi connectivity index (χ2v) is 10.4. The molecule has 32 heavy (non-hydrogen) atoms. The molecule has 2 aromatic rings. The summed E-state index contributed by atoms with van der Waals surface area (Å²) in [5, 5.41) is 10.00. The van der Waals surface area contributed by atoms with Crippen molar-refractivity contribution in [2.45, 2.75) is 51.7 Å². The van der Waals surface area contributed by atoms with Gasteiger partial charge in [-0.3, -0.25) is 9.80 Å². The maximum Gasteiger partial charge on any atom is 0.119 e.